The molecule has 1 N–H and O–H groups in total. The van der Waals surface area contributed by atoms with Crippen molar-refractivity contribution in [2.75, 3.05) is 14.1 Å². The lowest BCUT2D eigenvalue weighted by atomic mass is 9.96. The minimum atomic E-state index is -1.23. The number of carbonyl (C=O) groups is 1. The molecule has 0 heterocycles. The van der Waals surface area contributed by atoms with E-state index in [1.165, 1.54) is 0 Å². The Bertz CT molecular complexity index is 480. The zero-order valence-corrected chi connectivity index (χ0v) is 10.7. The van der Waals surface area contributed by atoms with E-state index in [4.69, 9.17) is 0 Å². The molecule has 1 aliphatic rings. The first-order valence-corrected chi connectivity index (χ1v) is 6.51. The van der Waals surface area contributed by atoms with Crippen molar-refractivity contribution in [1.82, 2.24) is 4.31 Å². The maximum absolute atomic E-state index is 11.9. The number of hydrogen-bond donors (Lipinski definition) is 1. The second kappa shape index (κ2) is 4.23. The third-order valence-corrected chi connectivity index (χ3v) is 4.40. The Labute approximate surface area is 103 Å². The predicted octanol–water partition coefficient (Wildman–Crippen LogP) is 1.39. The van der Waals surface area contributed by atoms with Gasteiger partial charge in [-0.2, -0.15) is 0 Å². The van der Waals surface area contributed by atoms with E-state index >= 15 is 0 Å². The largest absolute Gasteiger partial charge is 0.481 e. The van der Waals surface area contributed by atoms with Crippen molar-refractivity contribution >= 4 is 17.0 Å². The molecule has 0 aromatic heterocycles. The van der Waals surface area contributed by atoms with Crippen LogP contribution in [0.15, 0.2) is 29.2 Å². The third-order valence-electron chi connectivity index (χ3n) is 3.08. The highest BCUT2D eigenvalue weighted by Gasteiger charge is 2.51. The topological polar surface area (TPSA) is 57.6 Å². The van der Waals surface area contributed by atoms with Gasteiger partial charge in [0.25, 0.3) is 0 Å². The molecule has 92 valence electrons. The van der Waals surface area contributed by atoms with Crippen LogP contribution in [0, 0.1) is 0 Å². The minimum absolute atomic E-state index is 0.653. The highest BCUT2D eigenvalue weighted by atomic mass is 32.2. The van der Waals surface area contributed by atoms with Crippen LogP contribution in [-0.2, 0) is 21.2 Å². The van der Waals surface area contributed by atoms with Crippen molar-refractivity contribution < 1.29 is 14.1 Å². The molecule has 1 fully saturated rings. The van der Waals surface area contributed by atoms with E-state index in [9.17, 15) is 14.1 Å². The third kappa shape index (κ3) is 2.12. The van der Waals surface area contributed by atoms with Crippen LogP contribution in [0.25, 0.3) is 0 Å². The van der Waals surface area contributed by atoms with Crippen molar-refractivity contribution in [3.8, 4) is 0 Å². The summed E-state index contributed by atoms with van der Waals surface area (Å²) in [4.78, 5) is 11.9. The number of aliphatic carboxylic acids is 1. The Morgan fingerprint density at radius 3 is 2.53 bits per heavy atom. The van der Waals surface area contributed by atoms with Gasteiger partial charge in [0, 0.05) is 0 Å². The fourth-order valence-electron chi connectivity index (χ4n) is 1.86. The summed E-state index contributed by atoms with van der Waals surface area (Å²) in [6.07, 6.45) is 1.33. The van der Waals surface area contributed by atoms with E-state index < -0.39 is 22.4 Å². The molecule has 0 saturated heterocycles. The van der Waals surface area contributed by atoms with Gasteiger partial charge in [0.05, 0.1) is 10.3 Å². The molecule has 2 rings (SSSR count). The molecule has 1 aliphatic carbocycles. The van der Waals surface area contributed by atoms with Gasteiger partial charge in [0.2, 0.25) is 0 Å². The van der Waals surface area contributed by atoms with E-state index in [-0.39, 0.29) is 0 Å². The molecule has 0 bridgehead atoms. The first-order valence-electron chi connectivity index (χ1n) is 5.40. The Hall–Kier alpha value is -1.20. The zero-order valence-electron chi connectivity index (χ0n) is 9.84. The zero-order chi connectivity index (χ0) is 12.6. The average molecular weight is 253 g/mol. The first-order chi connectivity index (χ1) is 7.97. The van der Waals surface area contributed by atoms with Gasteiger partial charge in [-0.3, -0.25) is 4.79 Å². The summed E-state index contributed by atoms with van der Waals surface area (Å²) in [7, 11) is 2.23. The van der Waals surface area contributed by atoms with Gasteiger partial charge in [0.15, 0.2) is 0 Å². The van der Waals surface area contributed by atoms with Crippen LogP contribution in [-0.4, -0.2) is 33.7 Å². The number of carboxylic acids is 1. The summed E-state index contributed by atoms with van der Waals surface area (Å²) >= 11 is 0. The summed E-state index contributed by atoms with van der Waals surface area (Å²) in [5.41, 5.74) is 0.0321. The summed E-state index contributed by atoms with van der Waals surface area (Å²) in [5.74, 6) is -0.787. The predicted molar refractivity (Wildman–Crippen MR) is 65.1 cm³/mol. The number of carboxylic acid groups (broad SMARTS) is 1. The van der Waals surface area contributed by atoms with Gasteiger partial charge in [-0.1, -0.05) is 12.1 Å². The average Bonchev–Trinajstić information content (AvgIpc) is 3.09. The molecule has 1 saturated carbocycles. The smallest absolute Gasteiger partial charge is 0.314 e. The molecule has 1 unspecified atom stereocenters. The Morgan fingerprint density at radius 1 is 1.41 bits per heavy atom. The quantitative estimate of drug-likeness (QED) is 0.882. The lowest BCUT2D eigenvalue weighted by molar-refractivity contribution is -0.140. The number of hydrogen-bond acceptors (Lipinski definition) is 2. The van der Waals surface area contributed by atoms with Crippen LogP contribution in [0.1, 0.15) is 18.4 Å². The molecule has 0 aliphatic heterocycles. The molecule has 4 nitrogen and oxygen atoms in total. The Kier molecular flexibility index (Phi) is 3.05. The maximum atomic E-state index is 11.9. The van der Waals surface area contributed by atoms with Gasteiger partial charge >= 0.3 is 5.97 Å². The van der Waals surface area contributed by atoms with E-state index in [1.54, 1.807) is 42.7 Å². The van der Waals surface area contributed by atoms with Gasteiger partial charge < -0.3 is 5.11 Å². The van der Waals surface area contributed by atoms with Crippen LogP contribution in [0.3, 0.4) is 0 Å². The second-order valence-electron chi connectivity index (χ2n) is 4.48. The molecule has 1 aromatic rings. The Morgan fingerprint density at radius 2 is 2.06 bits per heavy atom. The number of nitrogens with zero attached hydrogens (tertiary/aromatic N) is 1. The molecule has 1 aromatic carbocycles. The van der Waals surface area contributed by atoms with Gasteiger partial charge in [0.1, 0.15) is 11.0 Å². The molecule has 1 atom stereocenters. The van der Waals surface area contributed by atoms with E-state index in [2.05, 4.69) is 0 Å². The fraction of sp³-hybridized carbons (Fsp3) is 0.417. The minimum Gasteiger partial charge on any atom is -0.481 e. The SMILES string of the molecule is CN(C)S(=O)c1cccc(C2(C(=O)O)CC2)c1. The van der Waals surface area contributed by atoms with Gasteiger partial charge in [-0.05, 0) is 44.6 Å². The van der Waals surface area contributed by atoms with Crippen molar-refractivity contribution in [3.05, 3.63) is 29.8 Å². The standard InChI is InChI=1S/C12H15NO3S/c1-13(2)17(16)10-5-3-4-9(8-10)12(6-7-12)11(14)15/h3-5,8H,6-7H2,1-2H3,(H,14,15). The van der Waals surface area contributed by atoms with Crippen molar-refractivity contribution in [2.45, 2.75) is 23.2 Å². The van der Waals surface area contributed by atoms with Crippen molar-refractivity contribution in [1.29, 1.82) is 0 Å². The van der Waals surface area contributed by atoms with Crippen LogP contribution >= 0.6 is 0 Å². The van der Waals surface area contributed by atoms with Crippen molar-refractivity contribution in [2.24, 2.45) is 0 Å². The molecule has 17 heavy (non-hydrogen) atoms. The van der Waals surface area contributed by atoms with Crippen LogP contribution < -0.4 is 0 Å². The normalized spacial score (nSPS) is 19.0. The molecule has 0 amide bonds. The highest BCUT2D eigenvalue weighted by Crippen LogP contribution is 2.48. The van der Waals surface area contributed by atoms with E-state index in [1.807, 2.05) is 0 Å². The second-order valence-corrected chi connectivity index (χ2v) is 6.18. The van der Waals surface area contributed by atoms with Crippen LogP contribution in [0.5, 0.6) is 0 Å². The summed E-state index contributed by atoms with van der Waals surface area (Å²) in [6, 6.07) is 7.08. The van der Waals surface area contributed by atoms with Gasteiger partial charge in [-0.15, -0.1) is 0 Å². The molecular weight excluding hydrogens is 238 g/mol. The fourth-order valence-corrected chi connectivity index (χ4v) is 2.71. The summed E-state index contributed by atoms with van der Waals surface area (Å²) in [5, 5.41) is 9.21. The number of benzene rings is 1. The van der Waals surface area contributed by atoms with Crippen LogP contribution in [0.2, 0.25) is 0 Å². The molecule has 0 spiro atoms. The maximum Gasteiger partial charge on any atom is 0.314 e. The van der Waals surface area contributed by atoms with Gasteiger partial charge in [-0.25, -0.2) is 8.51 Å². The summed E-state index contributed by atoms with van der Waals surface area (Å²) < 4.78 is 13.5. The monoisotopic (exact) mass is 253 g/mol. The van der Waals surface area contributed by atoms with E-state index in [0.717, 1.165) is 5.56 Å². The van der Waals surface area contributed by atoms with Crippen molar-refractivity contribution in [3.63, 3.8) is 0 Å². The molecular formula is C12H15NO3S. The molecule has 5 heteroatoms. The lowest BCUT2D eigenvalue weighted by Crippen LogP contribution is -2.20. The Balaban J connectivity index is 2.36. The highest BCUT2D eigenvalue weighted by molar-refractivity contribution is 7.82. The first kappa shape index (κ1) is 12.3. The lowest BCUT2D eigenvalue weighted by Gasteiger charge is -2.13. The number of rotatable bonds is 4. The van der Waals surface area contributed by atoms with Crippen LogP contribution in [0.4, 0.5) is 0 Å². The summed E-state index contributed by atoms with van der Waals surface area (Å²) in [6.45, 7) is 0. The van der Waals surface area contributed by atoms with E-state index in [0.29, 0.717) is 17.7 Å². The molecule has 0 radical (unpaired) electrons.